The average Bonchev–Trinajstić information content (AvgIpc) is 3.20. The number of carbonyl (C=O) groups is 2. The van der Waals surface area contributed by atoms with Crippen molar-refractivity contribution in [3.8, 4) is 0 Å². The lowest BCUT2D eigenvalue weighted by Gasteiger charge is -2.41. The Morgan fingerprint density at radius 3 is 2.47 bits per heavy atom. The highest BCUT2D eigenvalue weighted by Gasteiger charge is 2.35. The van der Waals surface area contributed by atoms with Gasteiger partial charge in [0.2, 0.25) is 5.28 Å². The van der Waals surface area contributed by atoms with Crippen LogP contribution >= 0.6 is 11.6 Å². The van der Waals surface area contributed by atoms with Gasteiger partial charge in [0.25, 0.3) is 0 Å². The van der Waals surface area contributed by atoms with Crippen LogP contribution in [0.3, 0.4) is 0 Å². The summed E-state index contributed by atoms with van der Waals surface area (Å²) in [5, 5.41) is 0.134. The highest BCUT2D eigenvalue weighted by molar-refractivity contribution is 6.28. The van der Waals surface area contributed by atoms with Crippen molar-refractivity contribution in [2.24, 2.45) is 0 Å². The minimum atomic E-state index is -0.545. The van der Waals surface area contributed by atoms with Crippen LogP contribution in [-0.2, 0) is 29.2 Å². The molecule has 9 nitrogen and oxygen atoms in total. The molecular weight excluding hydrogens is 458 g/mol. The summed E-state index contributed by atoms with van der Waals surface area (Å²) in [6.45, 7) is 10.0. The van der Waals surface area contributed by atoms with E-state index in [1.165, 1.54) is 0 Å². The summed E-state index contributed by atoms with van der Waals surface area (Å²) in [5.74, 6) is 0.699. The van der Waals surface area contributed by atoms with E-state index in [-0.39, 0.29) is 24.0 Å². The number of amides is 2. The van der Waals surface area contributed by atoms with Crippen LogP contribution in [0.1, 0.15) is 44.5 Å². The van der Waals surface area contributed by atoms with E-state index >= 15 is 0 Å². The van der Waals surface area contributed by atoms with E-state index in [4.69, 9.17) is 21.1 Å². The minimum absolute atomic E-state index is 0.0181. The van der Waals surface area contributed by atoms with Crippen LogP contribution in [0, 0.1) is 0 Å². The van der Waals surface area contributed by atoms with Crippen LogP contribution < -0.4 is 4.90 Å². The summed E-state index contributed by atoms with van der Waals surface area (Å²) in [4.78, 5) is 39.5. The second-order valence-corrected chi connectivity index (χ2v) is 9.94. The van der Waals surface area contributed by atoms with Crippen LogP contribution in [0.4, 0.5) is 15.4 Å². The van der Waals surface area contributed by atoms with E-state index < -0.39 is 11.7 Å². The van der Waals surface area contributed by atoms with Crippen molar-refractivity contribution in [2.45, 2.75) is 59.0 Å². The van der Waals surface area contributed by atoms with Crippen molar-refractivity contribution in [2.75, 3.05) is 24.5 Å². The Labute approximate surface area is 204 Å². The van der Waals surface area contributed by atoms with Gasteiger partial charge < -0.3 is 19.3 Å². The number of halogens is 1. The lowest BCUT2D eigenvalue weighted by Crippen LogP contribution is -2.55. The minimum Gasteiger partial charge on any atom is -0.445 e. The van der Waals surface area contributed by atoms with Crippen LogP contribution in [0.15, 0.2) is 30.3 Å². The average molecular weight is 488 g/mol. The zero-order chi connectivity index (χ0) is 24.5. The van der Waals surface area contributed by atoms with Gasteiger partial charge in [-0.1, -0.05) is 30.3 Å². The molecule has 2 aliphatic heterocycles. The van der Waals surface area contributed by atoms with E-state index in [9.17, 15) is 9.59 Å². The predicted molar refractivity (Wildman–Crippen MR) is 128 cm³/mol. The molecule has 10 heteroatoms. The first kappa shape index (κ1) is 24.1. The number of carbonyl (C=O) groups excluding carboxylic acids is 2. The molecule has 1 aromatic carbocycles. The fraction of sp³-hybridized carbons (Fsp3) is 0.500. The Balaban J connectivity index is 1.44. The van der Waals surface area contributed by atoms with Gasteiger partial charge in [0.1, 0.15) is 18.0 Å². The molecule has 1 saturated heterocycles. The summed E-state index contributed by atoms with van der Waals surface area (Å²) in [5.41, 5.74) is 1.96. The van der Waals surface area contributed by atoms with Crippen molar-refractivity contribution in [3.05, 3.63) is 52.4 Å². The molecule has 0 aliphatic carbocycles. The highest BCUT2D eigenvalue weighted by atomic mass is 35.5. The van der Waals surface area contributed by atoms with Gasteiger partial charge in [0.05, 0.1) is 18.8 Å². The molecular formula is C24H30ClN5O4. The van der Waals surface area contributed by atoms with Gasteiger partial charge in [0.15, 0.2) is 0 Å². The first-order valence-electron chi connectivity index (χ1n) is 11.4. The zero-order valence-electron chi connectivity index (χ0n) is 20.0. The van der Waals surface area contributed by atoms with Crippen molar-refractivity contribution >= 4 is 29.6 Å². The van der Waals surface area contributed by atoms with E-state index in [0.717, 1.165) is 11.1 Å². The molecule has 1 atom stereocenters. The largest absolute Gasteiger partial charge is 0.445 e. The van der Waals surface area contributed by atoms with Crippen molar-refractivity contribution < 1.29 is 19.1 Å². The molecule has 2 aliphatic rings. The van der Waals surface area contributed by atoms with E-state index in [2.05, 4.69) is 14.9 Å². The Hall–Kier alpha value is -3.07. The first-order valence-corrected chi connectivity index (χ1v) is 11.7. The molecule has 2 aromatic rings. The molecule has 0 unspecified atom stereocenters. The summed E-state index contributed by atoms with van der Waals surface area (Å²) in [6.07, 6.45) is -0.732. The Morgan fingerprint density at radius 1 is 1.06 bits per heavy atom. The van der Waals surface area contributed by atoms with Gasteiger partial charge >= 0.3 is 12.2 Å². The number of rotatable bonds is 3. The number of fused-ring (bicyclic) bond motifs is 1. The molecule has 0 bridgehead atoms. The molecule has 182 valence electrons. The molecule has 0 N–H and O–H groups in total. The number of hydrogen-bond acceptors (Lipinski definition) is 7. The van der Waals surface area contributed by atoms with Crippen molar-refractivity contribution in [1.29, 1.82) is 0 Å². The fourth-order valence-electron chi connectivity index (χ4n) is 4.15. The number of piperazine rings is 1. The summed E-state index contributed by atoms with van der Waals surface area (Å²) < 4.78 is 11.0. The highest BCUT2D eigenvalue weighted by Crippen LogP contribution is 2.33. The number of benzene rings is 1. The maximum absolute atomic E-state index is 12.7. The lowest BCUT2D eigenvalue weighted by molar-refractivity contribution is 0.0218. The fourth-order valence-corrected chi connectivity index (χ4v) is 4.33. The monoisotopic (exact) mass is 487 g/mol. The number of aromatic nitrogens is 2. The standard InChI is InChI=1S/C24H30ClN5O4/c1-16-12-28(23(32)34-24(2,3)4)10-11-30(16)20-18-13-29(14-19(18)26-21(25)27-20)22(31)33-15-17-8-6-5-7-9-17/h5-9,16H,10-15H2,1-4H3/t16-/m0/s1. The van der Waals surface area contributed by atoms with Crippen LogP contribution in [0.5, 0.6) is 0 Å². The van der Waals surface area contributed by atoms with Gasteiger partial charge in [-0.25, -0.2) is 19.6 Å². The molecule has 1 aromatic heterocycles. The van der Waals surface area contributed by atoms with Crippen LogP contribution in [0.2, 0.25) is 5.28 Å². The SMILES string of the molecule is C[C@H]1CN(C(=O)OC(C)(C)C)CCN1c1nc(Cl)nc2c1CN(C(=O)OCc1ccccc1)C2. The third kappa shape index (κ3) is 5.52. The molecule has 0 radical (unpaired) electrons. The van der Waals surface area contributed by atoms with Crippen LogP contribution in [-0.4, -0.2) is 63.2 Å². The number of hydrogen-bond donors (Lipinski definition) is 0. The van der Waals surface area contributed by atoms with Gasteiger partial charge in [-0.15, -0.1) is 0 Å². The third-order valence-electron chi connectivity index (χ3n) is 5.75. The zero-order valence-corrected chi connectivity index (χ0v) is 20.7. The first-order chi connectivity index (χ1) is 16.1. The molecule has 0 spiro atoms. The van der Waals surface area contributed by atoms with Crippen molar-refractivity contribution in [1.82, 2.24) is 19.8 Å². The molecule has 0 saturated carbocycles. The van der Waals surface area contributed by atoms with Gasteiger partial charge in [0, 0.05) is 31.2 Å². The number of ether oxygens (including phenoxy) is 2. The summed E-state index contributed by atoms with van der Waals surface area (Å²) in [7, 11) is 0. The van der Waals surface area contributed by atoms with E-state index in [1.54, 1.807) is 9.80 Å². The third-order valence-corrected chi connectivity index (χ3v) is 5.92. The molecule has 3 heterocycles. The normalized spacial score (nSPS) is 18.0. The quantitative estimate of drug-likeness (QED) is 0.598. The maximum atomic E-state index is 12.7. The number of anilines is 1. The molecule has 2 amide bonds. The smallest absolute Gasteiger partial charge is 0.410 e. The van der Waals surface area contributed by atoms with Gasteiger partial charge in [-0.3, -0.25) is 4.90 Å². The predicted octanol–water partition coefficient (Wildman–Crippen LogP) is 4.23. The Morgan fingerprint density at radius 2 is 1.79 bits per heavy atom. The van der Waals surface area contributed by atoms with Gasteiger partial charge in [-0.05, 0) is 44.9 Å². The summed E-state index contributed by atoms with van der Waals surface area (Å²) in [6, 6.07) is 9.53. The number of nitrogens with zero attached hydrogens (tertiary/aromatic N) is 5. The Kier molecular flexibility index (Phi) is 6.84. The van der Waals surface area contributed by atoms with Crippen LogP contribution in [0.25, 0.3) is 0 Å². The second-order valence-electron chi connectivity index (χ2n) is 9.61. The Bertz CT molecular complexity index is 1060. The molecule has 4 rings (SSSR count). The maximum Gasteiger partial charge on any atom is 0.410 e. The van der Waals surface area contributed by atoms with Crippen molar-refractivity contribution in [3.63, 3.8) is 0 Å². The molecule has 1 fully saturated rings. The van der Waals surface area contributed by atoms with E-state index in [1.807, 2.05) is 58.0 Å². The summed E-state index contributed by atoms with van der Waals surface area (Å²) >= 11 is 6.25. The topological polar surface area (TPSA) is 88.1 Å². The lowest BCUT2D eigenvalue weighted by atomic mass is 10.1. The molecule has 34 heavy (non-hydrogen) atoms. The van der Waals surface area contributed by atoms with Gasteiger partial charge in [-0.2, -0.15) is 0 Å². The van der Waals surface area contributed by atoms with E-state index in [0.29, 0.717) is 44.2 Å². The second kappa shape index (κ2) is 9.66.